The molecular formula is C20H32IN5O2. The Morgan fingerprint density at radius 2 is 1.96 bits per heavy atom. The lowest BCUT2D eigenvalue weighted by Crippen LogP contribution is -2.37. The summed E-state index contributed by atoms with van der Waals surface area (Å²) >= 11 is 0. The molecule has 0 aliphatic heterocycles. The topological polar surface area (TPSA) is 72.7 Å². The Balaban J connectivity index is 0.00000392. The number of aliphatic imine (C=N–C) groups is 1. The Kier molecular flexibility index (Phi) is 10.7. The fraction of sp³-hybridized carbons (Fsp3) is 0.500. The molecule has 28 heavy (non-hydrogen) atoms. The molecule has 0 atom stereocenters. The minimum Gasteiger partial charge on any atom is -0.493 e. The second kappa shape index (κ2) is 12.5. The lowest BCUT2D eigenvalue weighted by atomic mass is 10.2. The van der Waals surface area contributed by atoms with Crippen LogP contribution >= 0.6 is 24.0 Å². The van der Waals surface area contributed by atoms with Gasteiger partial charge in [-0.15, -0.1) is 24.0 Å². The normalized spacial score (nSPS) is 11.0. The number of nitrogens with one attached hydrogen (secondary N) is 2. The molecule has 2 rings (SSSR count). The second-order valence-electron chi connectivity index (χ2n) is 6.27. The van der Waals surface area contributed by atoms with E-state index in [9.17, 15) is 0 Å². The minimum atomic E-state index is 0. The molecule has 0 saturated heterocycles. The molecule has 0 unspecified atom stereocenters. The van der Waals surface area contributed by atoms with Crippen molar-refractivity contribution in [1.29, 1.82) is 0 Å². The predicted molar refractivity (Wildman–Crippen MR) is 124 cm³/mol. The van der Waals surface area contributed by atoms with Crippen molar-refractivity contribution in [2.75, 3.05) is 27.3 Å². The maximum atomic E-state index is 5.55. The van der Waals surface area contributed by atoms with Crippen LogP contribution < -0.4 is 20.1 Å². The van der Waals surface area contributed by atoms with Gasteiger partial charge in [-0.05, 0) is 51.0 Å². The molecule has 0 aliphatic carbocycles. The van der Waals surface area contributed by atoms with Gasteiger partial charge in [0.15, 0.2) is 17.5 Å². The van der Waals surface area contributed by atoms with E-state index in [1.54, 1.807) is 14.2 Å². The molecule has 0 spiro atoms. The van der Waals surface area contributed by atoms with Crippen LogP contribution in [-0.4, -0.2) is 43.0 Å². The zero-order valence-corrected chi connectivity index (χ0v) is 19.7. The summed E-state index contributed by atoms with van der Waals surface area (Å²) in [5.74, 6) is 2.27. The molecule has 0 aliphatic rings. The van der Waals surface area contributed by atoms with Crippen molar-refractivity contribution in [3.8, 4) is 11.5 Å². The van der Waals surface area contributed by atoms with E-state index in [0.717, 1.165) is 48.2 Å². The van der Waals surface area contributed by atoms with E-state index in [2.05, 4.69) is 33.7 Å². The van der Waals surface area contributed by atoms with Gasteiger partial charge in [-0.1, -0.05) is 6.07 Å². The second-order valence-corrected chi connectivity index (χ2v) is 6.27. The molecule has 1 heterocycles. The van der Waals surface area contributed by atoms with Crippen LogP contribution in [0.2, 0.25) is 0 Å². The van der Waals surface area contributed by atoms with Gasteiger partial charge in [-0.3, -0.25) is 9.67 Å². The third kappa shape index (κ3) is 7.21. The highest BCUT2D eigenvalue weighted by Crippen LogP contribution is 2.27. The Hall–Kier alpha value is -1.97. The summed E-state index contributed by atoms with van der Waals surface area (Å²) < 4.78 is 13.0. The first-order chi connectivity index (χ1) is 13.1. The molecule has 1 aromatic heterocycles. The number of halogens is 1. The van der Waals surface area contributed by atoms with Crippen LogP contribution in [0.25, 0.3) is 0 Å². The maximum absolute atomic E-state index is 5.55. The number of rotatable bonds is 9. The number of aromatic nitrogens is 2. The van der Waals surface area contributed by atoms with Gasteiger partial charge in [0.2, 0.25) is 0 Å². The van der Waals surface area contributed by atoms with E-state index < -0.39 is 0 Å². The van der Waals surface area contributed by atoms with Crippen LogP contribution in [0.5, 0.6) is 11.5 Å². The van der Waals surface area contributed by atoms with Crippen LogP contribution in [0.3, 0.4) is 0 Å². The molecule has 0 amide bonds. The van der Waals surface area contributed by atoms with Crippen molar-refractivity contribution >= 4 is 29.9 Å². The molecule has 7 nitrogen and oxygen atoms in total. The van der Waals surface area contributed by atoms with E-state index >= 15 is 0 Å². The molecule has 1 aromatic carbocycles. The van der Waals surface area contributed by atoms with Crippen LogP contribution in [0, 0.1) is 13.8 Å². The van der Waals surface area contributed by atoms with Gasteiger partial charge in [0.25, 0.3) is 0 Å². The van der Waals surface area contributed by atoms with Crippen LogP contribution in [-0.2, 0) is 13.1 Å². The zero-order valence-electron chi connectivity index (χ0n) is 17.4. The van der Waals surface area contributed by atoms with E-state index in [0.29, 0.717) is 13.2 Å². The van der Waals surface area contributed by atoms with Crippen LogP contribution in [0.15, 0.2) is 29.3 Å². The van der Waals surface area contributed by atoms with E-state index in [1.807, 2.05) is 36.7 Å². The fourth-order valence-electron chi connectivity index (χ4n) is 2.84. The largest absolute Gasteiger partial charge is 0.493 e. The van der Waals surface area contributed by atoms with Gasteiger partial charge in [0.05, 0.1) is 19.4 Å². The number of nitrogens with zero attached hydrogens (tertiary/aromatic N) is 3. The van der Waals surface area contributed by atoms with Crippen molar-refractivity contribution in [2.24, 2.45) is 4.99 Å². The van der Waals surface area contributed by atoms with Crippen molar-refractivity contribution in [2.45, 2.75) is 40.3 Å². The first-order valence-electron chi connectivity index (χ1n) is 9.32. The standard InChI is InChI=1S/C20H31N5O2.HI/c1-6-27-18-9-8-17(13-19(18)26-5)14-23-20(21-4)22-10-7-11-25-16(3)12-15(2)24-25;/h8-9,12-13H,6-7,10-11,14H2,1-5H3,(H2,21,22,23);1H. The zero-order chi connectivity index (χ0) is 19.6. The first-order valence-corrected chi connectivity index (χ1v) is 9.32. The third-order valence-electron chi connectivity index (χ3n) is 4.15. The number of hydrogen-bond donors (Lipinski definition) is 2. The molecule has 156 valence electrons. The molecule has 0 fully saturated rings. The number of benzene rings is 1. The average molecular weight is 501 g/mol. The van der Waals surface area contributed by atoms with E-state index in [1.165, 1.54) is 5.69 Å². The molecular weight excluding hydrogens is 469 g/mol. The number of guanidine groups is 1. The smallest absolute Gasteiger partial charge is 0.191 e. The SMILES string of the molecule is CCOc1ccc(CNC(=NC)NCCCn2nc(C)cc2C)cc1OC.I. The highest BCUT2D eigenvalue weighted by Gasteiger charge is 2.06. The van der Waals surface area contributed by atoms with E-state index in [-0.39, 0.29) is 24.0 Å². The molecule has 2 N–H and O–H groups in total. The van der Waals surface area contributed by atoms with Crippen molar-refractivity contribution < 1.29 is 9.47 Å². The number of methoxy groups -OCH3 is 1. The lowest BCUT2D eigenvalue weighted by molar-refractivity contribution is 0.310. The Bertz CT molecular complexity index is 761. The predicted octanol–water partition coefficient (Wildman–Crippen LogP) is 3.28. The quantitative estimate of drug-likeness (QED) is 0.239. The summed E-state index contributed by atoms with van der Waals surface area (Å²) in [5, 5.41) is 11.1. The number of ether oxygens (including phenoxy) is 2. The fourth-order valence-corrected chi connectivity index (χ4v) is 2.84. The van der Waals surface area contributed by atoms with Crippen molar-refractivity contribution in [3.63, 3.8) is 0 Å². The summed E-state index contributed by atoms with van der Waals surface area (Å²) in [6.07, 6.45) is 0.972. The van der Waals surface area contributed by atoms with Crippen molar-refractivity contribution in [3.05, 3.63) is 41.2 Å². The Labute approximate surface area is 184 Å². The van der Waals surface area contributed by atoms with Crippen molar-refractivity contribution in [1.82, 2.24) is 20.4 Å². The summed E-state index contributed by atoms with van der Waals surface area (Å²) in [6, 6.07) is 8.04. The van der Waals surface area contributed by atoms with Crippen LogP contribution in [0.4, 0.5) is 0 Å². The summed E-state index contributed by atoms with van der Waals surface area (Å²) in [7, 11) is 3.42. The highest BCUT2D eigenvalue weighted by atomic mass is 127. The molecule has 0 bridgehead atoms. The maximum Gasteiger partial charge on any atom is 0.191 e. The van der Waals surface area contributed by atoms with Gasteiger partial charge >= 0.3 is 0 Å². The molecule has 2 aromatic rings. The monoisotopic (exact) mass is 501 g/mol. The first kappa shape index (κ1) is 24.1. The molecule has 0 radical (unpaired) electrons. The van der Waals surface area contributed by atoms with Gasteiger partial charge in [-0.25, -0.2) is 0 Å². The number of hydrogen-bond acceptors (Lipinski definition) is 4. The molecule has 0 saturated carbocycles. The number of aryl methyl sites for hydroxylation is 3. The van der Waals surface area contributed by atoms with Gasteiger partial charge in [0, 0.05) is 32.4 Å². The Morgan fingerprint density at radius 3 is 2.57 bits per heavy atom. The summed E-state index contributed by atoms with van der Waals surface area (Å²) in [6.45, 7) is 9.04. The minimum absolute atomic E-state index is 0. The summed E-state index contributed by atoms with van der Waals surface area (Å²) in [5.41, 5.74) is 3.35. The van der Waals surface area contributed by atoms with E-state index in [4.69, 9.17) is 9.47 Å². The summed E-state index contributed by atoms with van der Waals surface area (Å²) in [4.78, 5) is 4.27. The Morgan fingerprint density at radius 1 is 1.18 bits per heavy atom. The van der Waals surface area contributed by atoms with Crippen LogP contribution in [0.1, 0.15) is 30.3 Å². The van der Waals surface area contributed by atoms with Gasteiger partial charge < -0.3 is 20.1 Å². The van der Waals surface area contributed by atoms with Gasteiger partial charge in [-0.2, -0.15) is 5.10 Å². The molecule has 8 heteroatoms. The van der Waals surface area contributed by atoms with Gasteiger partial charge in [0.1, 0.15) is 0 Å². The average Bonchev–Trinajstić information content (AvgIpc) is 2.99. The third-order valence-corrected chi connectivity index (χ3v) is 4.15. The lowest BCUT2D eigenvalue weighted by Gasteiger charge is -2.14. The highest BCUT2D eigenvalue weighted by molar-refractivity contribution is 14.0.